The number of amides is 1. The zero-order valence-electron chi connectivity index (χ0n) is 13.5. The van der Waals surface area contributed by atoms with Crippen LogP contribution in [0, 0.1) is 11.8 Å². The highest BCUT2D eigenvalue weighted by Crippen LogP contribution is 2.34. The maximum Gasteiger partial charge on any atom is 0.407 e. The molecule has 1 saturated carbocycles. The molecule has 2 N–H and O–H groups in total. The van der Waals surface area contributed by atoms with Crippen LogP contribution in [0.1, 0.15) is 45.1 Å². The lowest BCUT2D eigenvalue weighted by molar-refractivity contribution is -0.00582. The first-order valence-electron chi connectivity index (χ1n) is 8.12. The topological polar surface area (TPSA) is 58.6 Å². The van der Waals surface area contributed by atoms with Crippen LogP contribution in [0.15, 0.2) is 30.3 Å². The van der Waals surface area contributed by atoms with E-state index in [-0.39, 0.29) is 6.09 Å². The standard InChI is InChI=1S/C18H27NO3/c1-18(2,21)16-10-8-14(9-11-16)12-19-17(20)22-13-15-6-4-3-5-7-15/h3-7,14,16,21H,8-13H2,1-2H3,(H,19,20)/t14-,16-. The number of carbonyl (C=O) groups is 1. The molecule has 0 bridgehead atoms. The smallest absolute Gasteiger partial charge is 0.407 e. The molecule has 1 aromatic carbocycles. The van der Waals surface area contributed by atoms with Crippen molar-refractivity contribution in [1.82, 2.24) is 5.32 Å². The van der Waals surface area contributed by atoms with Gasteiger partial charge >= 0.3 is 6.09 Å². The van der Waals surface area contributed by atoms with Crippen molar-refractivity contribution < 1.29 is 14.6 Å². The van der Waals surface area contributed by atoms with Crippen molar-refractivity contribution in [3.05, 3.63) is 35.9 Å². The second-order valence-corrected chi connectivity index (χ2v) is 6.81. The van der Waals surface area contributed by atoms with Gasteiger partial charge in [-0.25, -0.2) is 4.79 Å². The van der Waals surface area contributed by atoms with Crippen LogP contribution < -0.4 is 5.32 Å². The van der Waals surface area contributed by atoms with E-state index in [0.717, 1.165) is 31.2 Å². The van der Waals surface area contributed by atoms with Crippen molar-refractivity contribution in [2.75, 3.05) is 6.54 Å². The molecule has 0 aliphatic heterocycles. The molecule has 0 radical (unpaired) electrons. The van der Waals surface area contributed by atoms with Crippen LogP contribution in [-0.4, -0.2) is 23.3 Å². The van der Waals surface area contributed by atoms with Crippen LogP contribution in [0.5, 0.6) is 0 Å². The van der Waals surface area contributed by atoms with Gasteiger partial charge in [-0.3, -0.25) is 0 Å². The highest BCUT2D eigenvalue weighted by Gasteiger charge is 2.31. The number of aliphatic hydroxyl groups is 1. The lowest BCUT2D eigenvalue weighted by Crippen LogP contribution is -2.37. The second kappa shape index (κ2) is 7.63. The maximum atomic E-state index is 11.7. The molecule has 1 amide bonds. The van der Waals surface area contributed by atoms with Crippen molar-refractivity contribution in [1.29, 1.82) is 0 Å². The Hall–Kier alpha value is -1.55. The summed E-state index contributed by atoms with van der Waals surface area (Å²) in [5.41, 5.74) is 0.399. The summed E-state index contributed by atoms with van der Waals surface area (Å²) in [5, 5.41) is 12.9. The highest BCUT2D eigenvalue weighted by molar-refractivity contribution is 5.67. The lowest BCUT2D eigenvalue weighted by Gasteiger charge is -2.35. The van der Waals surface area contributed by atoms with Gasteiger partial charge in [-0.1, -0.05) is 30.3 Å². The highest BCUT2D eigenvalue weighted by atomic mass is 16.5. The normalized spacial score (nSPS) is 22.1. The summed E-state index contributed by atoms with van der Waals surface area (Å²) < 4.78 is 5.20. The fourth-order valence-corrected chi connectivity index (χ4v) is 3.07. The van der Waals surface area contributed by atoms with Crippen LogP contribution in [0.3, 0.4) is 0 Å². The van der Waals surface area contributed by atoms with Crippen LogP contribution >= 0.6 is 0 Å². The minimum atomic E-state index is -0.590. The van der Waals surface area contributed by atoms with Gasteiger partial charge in [0.15, 0.2) is 0 Å². The molecule has 1 aromatic rings. The predicted octanol–water partition coefficient (Wildman–Crippen LogP) is 3.49. The molecule has 0 saturated heterocycles. The van der Waals surface area contributed by atoms with E-state index in [2.05, 4.69) is 5.32 Å². The third-order valence-electron chi connectivity index (χ3n) is 4.59. The van der Waals surface area contributed by atoms with Crippen molar-refractivity contribution in [2.45, 2.75) is 51.7 Å². The van der Waals surface area contributed by atoms with Crippen LogP contribution in [0.2, 0.25) is 0 Å². The second-order valence-electron chi connectivity index (χ2n) is 6.81. The van der Waals surface area contributed by atoms with Gasteiger partial charge in [0.25, 0.3) is 0 Å². The number of hydrogen-bond donors (Lipinski definition) is 2. The third kappa shape index (κ3) is 5.34. The molecule has 122 valence electrons. The number of carbonyl (C=O) groups excluding carboxylic acids is 1. The van der Waals surface area contributed by atoms with Gasteiger partial charge in [-0.15, -0.1) is 0 Å². The Kier molecular flexibility index (Phi) is 5.83. The number of nitrogens with one attached hydrogen (secondary N) is 1. The van der Waals surface area contributed by atoms with Crippen LogP contribution in [0.25, 0.3) is 0 Å². The van der Waals surface area contributed by atoms with Gasteiger partial charge in [0, 0.05) is 6.54 Å². The van der Waals surface area contributed by atoms with Gasteiger partial charge in [-0.05, 0) is 56.9 Å². The summed E-state index contributed by atoms with van der Waals surface area (Å²) in [4.78, 5) is 11.7. The van der Waals surface area contributed by atoms with E-state index < -0.39 is 5.60 Å². The SMILES string of the molecule is CC(C)(O)[C@H]1CC[C@H](CNC(=O)OCc2ccccc2)CC1. The molecule has 2 rings (SSSR count). The molecule has 0 heterocycles. The van der Waals surface area contributed by atoms with E-state index in [1.165, 1.54) is 0 Å². The molecule has 0 unspecified atom stereocenters. The quantitative estimate of drug-likeness (QED) is 0.875. The van der Waals surface area contributed by atoms with E-state index in [9.17, 15) is 9.90 Å². The fraction of sp³-hybridized carbons (Fsp3) is 0.611. The summed E-state index contributed by atoms with van der Waals surface area (Å²) in [6, 6.07) is 9.67. The summed E-state index contributed by atoms with van der Waals surface area (Å²) in [5.74, 6) is 0.858. The minimum Gasteiger partial charge on any atom is -0.445 e. The number of alkyl carbamates (subject to hydrolysis) is 1. The molecule has 1 aliphatic carbocycles. The average molecular weight is 305 g/mol. The first-order valence-corrected chi connectivity index (χ1v) is 8.12. The van der Waals surface area contributed by atoms with Gasteiger partial charge in [0.1, 0.15) is 6.61 Å². The molecule has 22 heavy (non-hydrogen) atoms. The van der Waals surface area contributed by atoms with Crippen LogP contribution in [-0.2, 0) is 11.3 Å². The molecule has 1 aliphatic rings. The first-order chi connectivity index (χ1) is 10.4. The molecule has 0 spiro atoms. The Balaban J connectivity index is 1.63. The van der Waals surface area contributed by atoms with Gasteiger partial charge in [0.2, 0.25) is 0 Å². The third-order valence-corrected chi connectivity index (χ3v) is 4.59. The fourth-order valence-electron chi connectivity index (χ4n) is 3.07. The zero-order valence-corrected chi connectivity index (χ0v) is 13.5. The van der Waals surface area contributed by atoms with Gasteiger partial charge < -0.3 is 15.2 Å². The first kappa shape index (κ1) is 16.8. The lowest BCUT2D eigenvalue weighted by atomic mass is 9.75. The average Bonchev–Trinajstić information content (AvgIpc) is 2.51. The summed E-state index contributed by atoms with van der Waals surface area (Å²) >= 11 is 0. The van der Waals surface area contributed by atoms with E-state index in [0.29, 0.717) is 25.0 Å². The molecule has 0 atom stereocenters. The van der Waals surface area contributed by atoms with Crippen LogP contribution in [0.4, 0.5) is 4.79 Å². The minimum absolute atomic E-state index is 0.304. The molecular weight excluding hydrogens is 278 g/mol. The molecule has 1 fully saturated rings. The Morgan fingerprint density at radius 2 is 1.86 bits per heavy atom. The van der Waals surface area contributed by atoms with Crippen molar-refractivity contribution in [3.63, 3.8) is 0 Å². The summed E-state index contributed by atoms with van der Waals surface area (Å²) in [7, 11) is 0. The molecule has 4 nitrogen and oxygen atoms in total. The monoisotopic (exact) mass is 305 g/mol. The number of benzene rings is 1. The van der Waals surface area contributed by atoms with Gasteiger partial charge in [-0.2, -0.15) is 0 Å². The maximum absolute atomic E-state index is 11.7. The number of ether oxygens (including phenoxy) is 1. The van der Waals surface area contributed by atoms with E-state index in [1.54, 1.807) is 0 Å². The number of hydrogen-bond acceptors (Lipinski definition) is 3. The van der Waals surface area contributed by atoms with Crippen molar-refractivity contribution in [2.24, 2.45) is 11.8 Å². The summed E-state index contributed by atoms with van der Waals surface area (Å²) in [6.45, 7) is 4.73. The largest absolute Gasteiger partial charge is 0.445 e. The Labute approximate surface area is 132 Å². The Bertz CT molecular complexity index is 459. The zero-order chi connectivity index (χ0) is 16.0. The number of rotatable bonds is 5. The predicted molar refractivity (Wildman–Crippen MR) is 86.4 cm³/mol. The Morgan fingerprint density at radius 3 is 2.45 bits per heavy atom. The van der Waals surface area contributed by atoms with Crippen molar-refractivity contribution >= 4 is 6.09 Å². The Morgan fingerprint density at radius 1 is 1.23 bits per heavy atom. The van der Waals surface area contributed by atoms with E-state index in [4.69, 9.17) is 4.74 Å². The summed E-state index contributed by atoms with van der Waals surface area (Å²) in [6.07, 6.45) is 3.79. The molecule has 4 heteroatoms. The molecular formula is C18H27NO3. The van der Waals surface area contributed by atoms with E-state index in [1.807, 2.05) is 44.2 Å². The van der Waals surface area contributed by atoms with Crippen molar-refractivity contribution in [3.8, 4) is 0 Å². The molecule has 0 aromatic heterocycles. The van der Waals surface area contributed by atoms with Gasteiger partial charge in [0.05, 0.1) is 5.60 Å². The van der Waals surface area contributed by atoms with E-state index >= 15 is 0 Å².